The molecule has 0 aromatic rings. The van der Waals surface area contributed by atoms with E-state index in [2.05, 4.69) is 44.4 Å². The molecule has 30 heavy (non-hydrogen) atoms. The Morgan fingerprint density at radius 2 is 2.03 bits per heavy atom. The highest BCUT2D eigenvalue weighted by molar-refractivity contribution is 5.38. The number of hydrogen-bond donors (Lipinski definition) is 2. The molecule has 0 amide bonds. The first-order valence-corrected chi connectivity index (χ1v) is 12.4. The van der Waals surface area contributed by atoms with E-state index in [1.807, 2.05) is 0 Å². The molecule has 7 atom stereocenters. The highest BCUT2D eigenvalue weighted by Gasteiger charge is 2.50. The van der Waals surface area contributed by atoms with Crippen LogP contribution in [0.1, 0.15) is 72.1 Å². The fourth-order valence-corrected chi connectivity index (χ4v) is 7.41. The summed E-state index contributed by atoms with van der Waals surface area (Å²) in [6.07, 6.45) is 12.4. The lowest BCUT2D eigenvalue weighted by Gasteiger charge is -2.45. The predicted molar refractivity (Wildman–Crippen MR) is 124 cm³/mol. The van der Waals surface area contributed by atoms with Gasteiger partial charge in [0, 0.05) is 19.5 Å². The minimum absolute atomic E-state index is 0.419. The highest BCUT2D eigenvalue weighted by atomic mass is 16.3. The van der Waals surface area contributed by atoms with Crippen molar-refractivity contribution >= 4 is 0 Å². The van der Waals surface area contributed by atoms with E-state index in [9.17, 15) is 10.2 Å². The summed E-state index contributed by atoms with van der Waals surface area (Å²) in [5.74, 6) is 3.15. The van der Waals surface area contributed by atoms with Crippen molar-refractivity contribution in [2.75, 3.05) is 19.6 Å². The van der Waals surface area contributed by atoms with Crippen LogP contribution < -0.4 is 0 Å². The van der Waals surface area contributed by atoms with Crippen molar-refractivity contribution < 1.29 is 10.2 Å². The van der Waals surface area contributed by atoms with Crippen molar-refractivity contribution in [1.29, 1.82) is 0 Å². The van der Waals surface area contributed by atoms with Gasteiger partial charge in [-0.15, -0.1) is 0 Å². The molecule has 0 aromatic heterocycles. The van der Waals surface area contributed by atoms with Crippen LogP contribution in [0.2, 0.25) is 0 Å². The molecule has 4 aliphatic rings. The SMILES string of the molecule is C=C1/C(=C\C=C2/CCC[C@]3(C)[C@@H]([C@@H](C)CN4CC[C@H](C)C4)CC[C@@H]23)C[C@@H](O)C[C@@H]1O. The van der Waals surface area contributed by atoms with Gasteiger partial charge in [-0.2, -0.15) is 0 Å². The van der Waals surface area contributed by atoms with E-state index in [1.54, 1.807) is 5.57 Å². The van der Waals surface area contributed by atoms with E-state index >= 15 is 0 Å². The van der Waals surface area contributed by atoms with E-state index in [0.29, 0.717) is 24.2 Å². The molecule has 4 rings (SSSR count). The Balaban J connectivity index is 1.47. The Bertz CT molecular complexity index is 710. The lowest BCUT2D eigenvalue weighted by molar-refractivity contribution is 0.0816. The predicted octanol–water partition coefficient (Wildman–Crippen LogP) is 5.11. The number of fused-ring (bicyclic) bond motifs is 1. The number of hydrogen-bond acceptors (Lipinski definition) is 3. The van der Waals surface area contributed by atoms with Crippen LogP contribution >= 0.6 is 0 Å². The van der Waals surface area contributed by atoms with Crippen molar-refractivity contribution in [3.63, 3.8) is 0 Å². The van der Waals surface area contributed by atoms with Gasteiger partial charge < -0.3 is 15.1 Å². The van der Waals surface area contributed by atoms with Gasteiger partial charge in [-0.25, -0.2) is 0 Å². The summed E-state index contributed by atoms with van der Waals surface area (Å²) in [4.78, 5) is 2.71. The number of aliphatic hydroxyl groups excluding tert-OH is 2. The second-order valence-electron chi connectivity index (χ2n) is 11.3. The highest BCUT2D eigenvalue weighted by Crippen LogP contribution is 2.59. The first kappa shape index (κ1) is 22.3. The molecular weight excluding hydrogens is 370 g/mol. The molecule has 1 saturated heterocycles. The van der Waals surface area contributed by atoms with Crippen LogP contribution in [0.5, 0.6) is 0 Å². The van der Waals surface area contributed by atoms with Crippen molar-refractivity contribution in [3.8, 4) is 0 Å². The fraction of sp³-hybridized carbons (Fsp3) is 0.778. The molecule has 2 N–H and O–H groups in total. The molecule has 0 unspecified atom stereocenters. The number of aliphatic hydroxyl groups is 2. The number of rotatable bonds is 4. The summed E-state index contributed by atoms with van der Waals surface area (Å²) in [5.41, 5.74) is 3.86. The zero-order valence-electron chi connectivity index (χ0n) is 19.4. The summed E-state index contributed by atoms with van der Waals surface area (Å²) >= 11 is 0. The fourth-order valence-electron chi connectivity index (χ4n) is 7.41. The molecule has 0 spiro atoms. The zero-order valence-corrected chi connectivity index (χ0v) is 19.4. The molecule has 4 fully saturated rings. The largest absolute Gasteiger partial charge is 0.393 e. The minimum Gasteiger partial charge on any atom is -0.393 e. The first-order chi connectivity index (χ1) is 14.3. The van der Waals surface area contributed by atoms with E-state index in [-0.39, 0.29) is 0 Å². The molecule has 168 valence electrons. The van der Waals surface area contributed by atoms with Crippen molar-refractivity contribution in [2.45, 2.75) is 84.3 Å². The first-order valence-electron chi connectivity index (χ1n) is 12.4. The molecule has 3 saturated carbocycles. The Labute approximate surface area is 183 Å². The third-order valence-electron chi connectivity index (χ3n) is 9.04. The Hall–Kier alpha value is -0.900. The Kier molecular flexibility index (Phi) is 6.63. The van der Waals surface area contributed by atoms with Gasteiger partial charge in [-0.1, -0.05) is 45.1 Å². The minimum atomic E-state index is -0.597. The summed E-state index contributed by atoms with van der Waals surface area (Å²) in [6, 6.07) is 0. The lowest BCUT2D eigenvalue weighted by atomic mass is 9.61. The van der Waals surface area contributed by atoms with Crippen molar-refractivity contribution in [3.05, 3.63) is 35.5 Å². The normalized spacial score (nSPS) is 44.0. The standard InChI is InChI=1S/C27H43NO2/c1-18-11-13-28(16-18)17-19(2)24-9-10-25-21(6-5-12-27(24,25)4)7-8-22-14-23(29)15-26(30)20(22)3/h7-8,18-19,23-26,29-30H,3,5-6,9-17H2,1-2,4H3/b21-7+,22-8-/t18-,19-,23+,24+,25-,26-,27+/m0/s1. The van der Waals surface area contributed by atoms with Crippen LogP contribution in [0.3, 0.4) is 0 Å². The van der Waals surface area contributed by atoms with Gasteiger partial charge >= 0.3 is 0 Å². The summed E-state index contributed by atoms with van der Waals surface area (Å²) in [6.45, 7) is 15.4. The van der Waals surface area contributed by atoms with Crippen molar-refractivity contribution in [1.82, 2.24) is 4.90 Å². The summed E-state index contributed by atoms with van der Waals surface area (Å²) in [5, 5.41) is 20.2. The molecular formula is C27H43NO2. The molecule has 1 heterocycles. The second-order valence-corrected chi connectivity index (χ2v) is 11.3. The Morgan fingerprint density at radius 3 is 2.77 bits per heavy atom. The van der Waals surface area contributed by atoms with Gasteiger partial charge in [-0.05, 0) is 91.7 Å². The van der Waals surface area contributed by atoms with Gasteiger partial charge in [-0.3, -0.25) is 0 Å². The number of likely N-dealkylation sites (tertiary alicyclic amines) is 1. The topological polar surface area (TPSA) is 43.7 Å². The van der Waals surface area contributed by atoms with Gasteiger partial charge in [0.05, 0.1) is 12.2 Å². The van der Waals surface area contributed by atoms with E-state index < -0.39 is 12.2 Å². The molecule has 1 aliphatic heterocycles. The molecule has 3 heteroatoms. The van der Waals surface area contributed by atoms with E-state index in [4.69, 9.17) is 0 Å². The molecule has 0 radical (unpaired) electrons. The monoisotopic (exact) mass is 413 g/mol. The molecule has 3 aliphatic carbocycles. The average Bonchev–Trinajstić information content (AvgIpc) is 3.25. The van der Waals surface area contributed by atoms with Gasteiger partial charge in [0.2, 0.25) is 0 Å². The maximum atomic E-state index is 10.2. The van der Waals surface area contributed by atoms with Crippen LogP contribution in [0.15, 0.2) is 35.5 Å². The smallest absolute Gasteiger partial charge is 0.0811 e. The number of nitrogens with zero attached hydrogens (tertiary/aromatic N) is 1. The van der Waals surface area contributed by atoms with Crippen LogP contribution in [-0.4, -0.2) is 47.0 Å². The van der Waals surface area contributed by atoms with E-state index in [1.165, 1.54) is 58.2 Å². The quantitative estimate of drug-likeness (QED) is 0.673. The Morgan fingerprint density at radius 1 is 1.23 bits per heavy atom. The molecule has 3 nitrogen and oxygen atoms in total. The number of allylic oxidation sites excluding steroid dienone is 3. The molecule has 0 bridgehead atoms. The van der Waals surface area contributed by atoms with Crippen LogP contribution in [0, 0.1) is 29.1 Å². The van der Waals surface area contributed by atoms with Gasteiger partial charge in [0.1, 0.15) is 0 Å². The van der Waals surface area contributed by atoms with E-state index in [0.717, 1.165) is 28.9 Å². The lowest BCUT2D eigenvalue weighted by Crippen LogP contribution is -2.39. The maximum Gasteiger partial charge on any atom is 0.0811 e. The molecule has 0 aromatic carbocycles. The third kappa shape index (κ3) is 4.36. The van der Waals surface area contributed by atoms with Gasteiger partial charge in [0.25, 0.3) is 0 Å². The average molecular weight is 414 g/mol. The van der Waals surface area contributed by atoms with Crippen molar-refractivity contribution in [2.24, 2.45) is 29.1 Å². The third-order valence-corrected chi connectivity index (χ3v) is 9.04. The van der Waals surface area contributed by atoms with Crippen LogP contribution in [0.25, 0.3) is 0 Å². The summed E-state index contributed by atoms with van der Waals surface area (Å²) in [7, 11) is 0. The summed E-state index contributed by atoms with van der Waals surface area (Å²) < 4.78 is 0. The zero-order chi connectivity index (χ0) is 21.5. The van der Waals surface area contributed by atoms with Crippen LogP contribution in [-0.2, 0) is 0 Å². The second kappa shape index (κ2) is 8.92. The van der Waals surface area contributed by atoms with Gasteiger partial charge in [0.15, 0.2) is 0 Å². The van der Waals surface area contributed by atoms with Crippen LogP contribution in [0.4, 0.5) is 0 Å². The maximum absolute atomic E-state index is 10.2.